The molecule has 1 aromatic rings. The molecule has 1 heterocycles. The van der Waals surface area contributed by atoms with Crippen molar-refractivity contribution in [3.05, 3.63) is 18.5 Å². The summed E-state index contributed by atoms with van der Waals surface area (Å²) in [6.07, 6.45) is 3.15. The van der Waals surface area contributed by atoms with Crippen molar-refractivity contribution in [2.75, 3.05) is 0 Å². The van der Waals surface area contributed by atoms with Crippen molar-refractivity contribution >= 4 is 12.8 Å². The predicted molar refractivity (Wildman–Crippen MR) is 30.5 cm³/mol. The molecule has 2 nitrogen and oxygen atoms in total. The zero-order chi connectivity index (χ0) is 5.28. The lowest BCUT2D eigenvalue weighted by Gasteiger charge is -1.78. The first-order chi connectivity index (χ1) is 3.29. The number of aromatic nitrogens is 1. The van der Waals surface area contributed by atoms with Gasteiger partial charge >= 0.3 is 0 Å². The molecule has 0 aliphatic carbocycles. The molecule has 1 N–H and O–H groups in total. The Kier molecular flexibility index (Phi) is 0.982. The molecule has 1 aromatic heterocycles. The van der Waals surface area contributed by atoms with E-state index in [4.69, 9.17) is 5.11 Å². The fraction of sp³-hybridized carbons (Fsp3) is 0. The van der Waals surface area contributed by atoms with Crippen LogP contribution >= 0.6 is 12.8 Å². The highest BCUT2D eigenvalue weighted by Crippen LogP contribution is 2.07. The van der Waals surface area contributed by atoms with Gasteiger partial charge in [0.1, 0.15) is 5.75 Å². The molecule has 0 saturated carbocycles. The molecule has 0 aliphatic heterocycles. The summed E-state index contributed by atoms with van der Waals surface area (Å²) < 4.78 is 1.48. The highest BCUT2D eigenvalue weighted by atomic mass is 32.1. The fourth-order valence-corrected chi connectivity index (χ4v) is 0.559. The van der Waals surface area contributed by atoms with Gasteiger partial charge in [0.15, 0.2) is 0 Å². The SMILES string of the molecule is Oc1ccn(S)c1. The molecule has 0 bridgehead atoms. The molecule has 7 heavy (non-hydrogen) atoms. The summed E-state index contributed by atoms with van der Waals surface area (Å²) in [4.78, 5) is 0. The van der Waals surface area contributed by atoms with E-state index in [0.29, 0.717) is 0 Å². The van der Waals surface area contributed by atoms with Crippen molar-refractivity contribution in [2.24, 2.45) is 0 Å². The second-order valence-electron chi connectivity index (χ2n) is 1.25. The average Bonchev–Trinajstić information content (AvgIpc) is 1.87. The van der Waals surface area contributed by atoms with E-state index in [1.807, 2.05) is 0 Å². The first kappa shape index (κ1) is 4.59. The van der Waals surface area contributed by atoms with Crippen LogP contribution in [0.25, 0.3) is 0 Å². The minimum atomic E-state index is 0.245. The number of hydrogen-bond acceptors (Lipinski definition) is 2. The lowest BCUT2D eigenvalue weighted by molar-refractivity contribution is 0.476. The van der Waals surface area contributed by atoms with E-state index >= 15 is 0 Å². The topological polar surface area (TPSA) is 25.2 Å². The Balaban J connectivity index is 3.04. The average molecular weight is 115 g/mol. The van der Waals surface area contributed by atoms with Crippen LogP contribution < -0.4 is 0 Å². The number of hydrogen-bond donors (Lipinski definition) is 2. The van der Waals surface area contributed by atoms with Crippen LogP contribution in [0.1, 0.15) is 0 Å². The van der Waals surface area contributed by atoms with Gasteiger partial charge < -0.3 is 5.11 Å². The molecule has 0 radical (unpaired) electrons. The van der Waals surface area contributed by atoms with Crippen molar-refractivity contribution in [3.63, 3.8) is 0 Å². The lowest BCUT2D eigenvalue weighted by atomic mass is 10.6. The second-order valence-corrected chi connectivity index (χ2v) is 1.71. The van der Waals surface area contributed by atoms with Gasteiger partial charge in [0, 0.05) is 6.20 Å². The highest BCUT2D eigenvalue weighted by molar-refractivity contribution is 7.78. The van der Waals surface area contributed by atoms with Gasteiger partial charge in [0.05, 0.1) is 6.20 Å². The van der Waals surface area contributed by atoms with E-state index in [1.165, 1.54) is 10.2 Å². The molecule has 0 atom stereocenters. The standard InChI is InChI=1S/C4H5NOS/c6-4-1-2-5(7)3-4/h1-3,6-7H. The van der Waals surface area contributed by atoms with Crippen molar-refractivity contribution in [2.45, 2.75) is 0 Å². The zero-order valence-electron chi connectivity index (χ0n) is 3.57. The molecule has 0 aromatic carbocycles. The Morgan fingerprint density at radius 3 is 2.57 bits per heavy atom. The molecule has 0 unspecified atom stereocenters. The van der Waals surface area contributed by atoms with Crippen LogP contribution in [0, 0.1) is 0 Å². The van der Waals surface area contributed by atoms with Crippen LogP contribution in [-0.4, -0.2) is 9.08 Å². The van der Waals surface area contributed by atoms with Gasteiger partial charge in [-0.3, -0.25) is 3.97 Å². The largest absolute Gasteiger partial charge is 0.506 e. The maximum absolute atomic E-state index is 8.58. The fourth-order valence-electron chi connectivity index (χ4n) is 0.374. The maximum atomic E-state index is 8.58. The van der Waals surface area contributed by atoms with Gasteiger partial charge in [-0.1, -0.05) is 12.8 Å². The third-order valence-corrected chi connectivity index (χ3v) is 0.911. The minimum absolute atomic E-state index is 0.245. The minimum Gasteiger partial charge on any atom is -0.506 e. The third kappa shape index (κ3) is 0.899. The summed E-state index contributed by atoms with van der Waals surface area (Å²) in [5, 5.41) is 8.58. The van der Waals surface area contributed by atoms with Crippen LogP contribution in [0.4, 0.5) is 0 Å². The monoisotopic (exact) mass is 115 g/mol. The molecular formula is C4H5NOS. The van der Waals surface area contributed by atoms with Crippen LogP contribution in [-0.2, 0) is 0 Å². The van der Waals surface area contributed by atoms with Crippen LogP contribution in [0.15, 0.2) is 18.5 Å². The van der Waals surface area contributed by atoms with Gasteiger partial charge in [-0.15, -0.1) is 0 Å². The van der Waals surface area contributed by atoms with E-state index in [9.17, 15) is 0 Å². The van der Waals surface area contributed by atoms with Crippen LogP contribution in [0.2, 0.25) is 0 Å². The Labute approximate surface area is 46.9 Å². The molecule has 1 rings (SSSR count). The van der Waals surface area contributed by atoms with Gasteiger partial charge in [0.2, 0.25) is 0 Å². The first-order valence-electron chi connectivity index (χ1n) is 1.85. The summed E-state index contributed by atoms with van der Waals surface area (Å²) in [7, 11) is 0. The smallest absolute Gasteiger partial charge is 0.134 e. The zero-order valence-corrected chi connectivity index (χ0v) is 4.47. The molecule has 0 amide bonds. The van der Waals surface area contributed by atoms with Crippen LogP contribution in [0.3, 0.4) is 0 Å². The molecule has 38 valence electrons. The van der Waals surface area contributed by atoms with Gasteiger partial charge in [0.25, 0.3) is 0 Å². The summed E-state index contributed by atoms with van der Waals surface area (Å²) in [6.45, 7) is 0. The molecular weight excluding hydrogens is 110 g/mol. The molecule has 3 heteroatoms. The summed E-state index contributed by atoms with van der Waals surface area (Å²) >= 11 is 3.86. The first-order valence-corrected chi connectivity index (χ1v) is 2.25. The Morgan fingerprint density at radius 1 is 1.71 bits per heavy atom. The van der Waals surface area contributed by atoms with Gasteiger partial charge in [-0.25, -0.2) is 0 Å². The highest BCUT2D eigenvalue weighted by Gasteiger charge is 1.84. The van der Waals surface area contributed by atoms with Gasteiger partial charge in [-0.2, -0.15) is 0 Å². The van der Waals surface area contributed by atoms with E-state index in [-0.39, 0.29) is 5.75 Å². The van der Waals surface area contributed by atoms with Crippen molar-refractivity contribution in [1.29, 1.82) is 0 Å². The van der Waals surface area contributed by atoms with Crippen LogP contribution in [0.5, 0.6) is 5.75 Å². The predicted octanol–water partition coefficient (Wildman–Crippen LogP) is 0.887. The van der Waals surface area contributed by atoms with Gasteiger partial charge in [-0.05, 0) is 6.07 Å². The number of nitrogens with zero attached hydrogens (tertiary/aromatic N) is 1. The quantitative estimate of drug-likeness (QED) is 0.482. The normalized spacial score (nSPS) is 9.29. The number of aromatic hydroxyl groups is 1. The Morgan fingerprint density at radius 2 is 2.43 bits per heavy atom. The van der Waals surface area contributed by atoms with Crippen molar-refractivity contribution in [1.82, 2.24) is 3.97 Å². The van der Waals surface area contributed by atoms with Crippen molar-refractivity contribution in [3.8, 4) is 5.75 Å². The van der Waals surface area contributed by atoms with Crippen molar-refractivity contribution < 1.29 is 5.11 Å². The Bertz CT molecular complexity index is 144. The molecule has 0 aliphatic rings. The van der Waals surface area contributed by atoms with E-state index in [0.717, 1.165) is 0 Å². The molecule has 0 spiro atoms. The number of thiol groups is 1. The van der Waals surface area contributed by atoms with E-state index < -0.39 is 0 Å². The Hall–Kier alpha value is -0.570. The summed E-state index contributed by atoms with van der Waals surface area (Å²) in [5.41, 5.74) is 0. The third-order valence-electron chi connectivity index (χ3n) is 0.663. The number of rotatable bonds is 0. The lowest BCUT2D eigenvalue weighted by Crippen LogP contribution is -1.64. The molecule has 0 fully saturated rings. The second kappa shape index (κ2) is 1.50. The van der Waals surface area contributed by atoms with E-state index in [2.05, 4.69) is 12.8 Å². The summed E-state index contributed by atoms with van der Waals surface area (Å²) in [5.74, 6) is 0.245. The summed E-state index contributed by atoms with van der Waals surface area (Å²) in [6, 6.07) is 1.56. The van der Waals surface area contributed by atoms with E-state index in [1.54, 1.807) is 12.3 Å². The maximum Gasteiger partial charge on any atom is 0.134 e. The molecule has 0 saturated heterocycles.